The minimum atomic E-state index is -0.475. The highest BCUT2D eigenvalue weighted by Crippen LogP contribution is 2.19. The van der Waals surface area contributed by atoms with Crippen LogP contribution in [0.3, 0.4) is 0 Å². The van der Waals surface area contributed by atoms with Crippen LogP contribution in [0.15, 0.2) is 24.3 Å². The molecule has 0 unspecified atom stereocenters. The maximum atomic E-state index is 11.7. The minimum Gasteiger partial charge on any atom is -0.444 e. The number of hydrogen-bond donors (Lipinski definition) is 1. The average molecular weight is 249 g/mol. The molecule has 0 saturated carbocycles. The molecular weight excluding hydrogens is 226 g/mol. The van der Waals surface area contributed by atoms with Gasteiger partial charge in [0.1, 0.15) is 5.60 Å². The predicted octanol–water partition coefficient (Wildman–Crippen LogP) is 4.23. The van der Waals surface area contributed by atoms with E-state index in [2.05, 4.69) is 19.2 Å². The fourth-order valence-electron chi connectivity index (χ4n) is 1.67. The number of benzene rings is 1. The molecule has 18 heavy (non-hydrogen) atoms. The molecule has 3 heteroatoms. The van der Waals surface area contributed by atoms with E-state index in [0.29, 0.717) is 5.92 Å². The lowest BCUT2D eigenvalue weighted by Crippen LogP contribution is -2.27. The van der Waals surface area contributed by atoms with E-state index in [-0.39, 0.29) is 0 Å². The van der Waals surface area contributed by atoms with Crippen LogP contribution in [0, 0.1) is 5.92 Å². The molecule has 1 N–H and O–H groups in total. The molecule has 0 radical (unpaired) electrons. The number of anilines is 1. The van der Waals surface area contributed by atoms with Crippen LogP contribution in [0.2, 0.25) is 0 Å². The molecule has 0 aromatic heterocycles. The summed E-state index contributed by atoms with van der Waals surface area (Å²) >= 11 is 0. The van der Waals surface area contributed by atoms with Crippen LogP contribution in [-0.2, 0) is 11.2 Å². The number of carbonyl (C=O) groups excluding carboxylic acids is 1. The third-order valence-corrected chi connectivity index (χ3v) is 2.28. The highest BCUT2D eigenvalue weighted by molar-refractivity contribution is 5.85. The van der Waals surface area contributed by atoms with Crippen molar-refractivity contribution in [2.75, 3.05) is 5.32 Å². The molecule has 1 rings (SSSR count). The summed E-state index contributed by atoms with van der Waals surface area (Å²) in [6.07, 6.45) is 0.533. The van der Waals surface area contributed by atoms with Crippen molar-refractivity contribution in [3.63, 3.8) is 0 Å². The standard InChI is InChI=1S/C15H23NO2/c1-11(2)10-12-8-6-7-9-13(12)16-14(17)18-15(3,4)5/h6-9,11H,10H2,1-5H3,(H,16,17). The number of carbonyl (C=O) groups is 1. The zero-order valence-corrected chi connectivity index (χ0v) is 11.9. The smallest absolute Gasteiger partial charge is 0.412 e. The van der Waals surface area contributed by atoms with Crippen molar-refractivity contribution < 1.29 is 9.53 Å². The molecule has 0 aliphatic rings. The van der Waals surface area contributed by atoms with Crippen LogP contribution in [0.5, 0.6) is 0 Å². The van der Waals surface area contributed by atoms with E-state index in [1.54, 1.807) is 0 Å². The first-order chi connectivity index (χ1) is 8.28. The summed E-state index contributed by atoms with van der Waals surface area (Å²) in [5, 5.41) is 2.81. The highest BCUT2D eigenvalue weighted by Gasteiger charge is 2.17. The molecule has 0 aliphatic heterocycles. The molecule has 0 atom stereocenters. The first kappa shape index (κ1) is 14.6. The Morgan fingerprint density at radius 1 is 1.28 bits per heavy atom. The van der Waals surface area contributed by atoms with Crippen LogP contribution >= 0.6 is 0 Å². The van der Waals surface area contributed by atoms with E-state index < -0.39 is 11.7 Å². The van der Waals surface area contributed by atoms with Gasteiger partial charge in [0.2, 0.25) is 0 Å². The van der Waals surface area contributed by atoms with Crippen LogP contribution in [0.25, 0.3) is 0 Å². The number of rotatable bonds is 3. The largest absolute Gasteiger partial charge is 0.444 e. The monoisotopic (exact) mass is 249 g/mol. The minimum absolute atomic E-state index is 0.404. The number of amides is 1. The van der Waals surface area contributed by atoms with Crippen molar-refractivity contribution in [2.45, 2.75) is 46.6 Å². The van der Waals surface area contributed by atoms with Gasteiger partial charge in [0, 0.05) is 5.69 Å². The maximum Gasteiger partial charge on any atom is 0.412 e. The Bertz CT molecular complexity index is 405. The van der Waals surface area contributed by atoms with Gasteiger partial charge in [-0.15, -0.1) is 0 Å². The van der Waals surface area contributed by atoms with Crippen molar-refractivity contribution in [1.29, 1.82) is 0 Å². The number of hydrogen-bond acceptors (Lipinski definition) is 2. The summed E-state index contributed by atoms with van der Waals surface area (Å²) in [6, 6.07) is 7.84. The molecule has 1 aromatic carbocycles. The van der Waals surface area contributed by atoms with Crippen LogP contribution in [0.1, 0.15) is 40.2 Å². The summed E-state index contributed by atoms with van der Waals surface area (Å²) in [7, 11) is 0. The molecule has 100 valence electrons. The van der Waals surface area contributed by atoms with Crippen molar-refractivity contribution in [1.82, 2.24) is 0 Å². The van der Waals surface area contributed by atoms with Crippen LogP contribution in [0.4, 0.5) is 10.5 Å². The lowest BCUT2D eigenvalue weighted by atomic mass is 10.0. The van der Waals surface area contributed by atoms with E-state index in [1.807, 2.05) is 45.0 Å². The lowest BCUT2D eigenvalue weighted by molar-refractivity contribution is 0.0635. The van der Waals surface area contributed by atoms with Crippen molar-refractivity contribution in [3.05, 3.63) is 29.8 Å². The van der Waals surface area contributed by atoms with Gasteiger partial charge in [0.25, 0.3) is 0 Å². The van der Waals surface area contributed by atoms with E-state index >= 15 is 0 Å². The van der Waals surface area contributed by atoms with E-state index in [4.69, 9.17) is 4.74 Å². The first-order valence-electron chi connectivity index (χ1n) is 6.36. The summed E-state index contributed by atoms with van der Waals surface area (Å²) in [4.78, 5) is 11.7. The normalized spacial score (nSPS) is 11.4. The molecule has 0 spiro atoms. The summed E-state index contributed by atoms with van der Waals surface area (Å²) < 4.78 is 5.25. The molecule has 0 heterocycles. The summed E-state index contributed by atoms with van der Waals surface area (Å²) in [6.45, 7) is 9.88. The SMILES string of the molecule is CC(C)Cc1ccccc1NC(=O)OC(C)(C)C. The average Bonchev–Trinajstić information content (AvgIpc) is 2.17. The second-order valence-corrected chi connectivity index (χ2v) is 5.88. The highest BCUT2D eigenvalue weighted by atomic mass is 16.6. The van der Waals surface area contributed by atoms with Gasteiger partial charge < -0.3 is 4.74 Å². The molecule has 1 aromatic rings. The van der Waals surface area contributed by atoms with Gasteiger partial charge in [-0.05, 0) is 44.7 Å². The first-order valence-corrected chi connectivity index (χ1v) is 6.36. The van der Waals surface area contributed by atoms with Crippen LogP contribution in [-0.4, -0.2) is 11.7 Å². The molecule has 3 nitrogen and oxygen atoms in total. The van der Waals surface area contributed by atoms with Gasteiger partial charge in [0.05, 0.1) is 0 Å². The number of nitrogens with one attached hydrogen (secondary N) is 1. The third-order valence-electron chi connectivity index (χ3n) is 2.28. The van der Waals surface area contributed by atoms with Crippen molar-refractivity contribution in [3.8, 4) is 0 Å². The number of ether oxygens (including phenoxy) is 1. The fraction of sp³-hybridized carbons (Fsp3) is 0.533. The Kier molecular flexibility index (Phi) is 4.76. The predicted molar refractivity (Wildman–Crippen MR) is 74.8 cm³/mol. The van der Waals surface area contributed by atoms with Gasteiger partial charge in [-0.1, -0.05) is 32.0 Å². The molecule has 1 amide bonds. The molecule has 0 fully saturated rings. The molecular formula is C15H23NO2. The van der Waals surface area contributed by atoms with Crippen molar-refractivity contribution in [2.24, 2.45) is 5.92 Å². The van der Waals surface area contributed by atoms with Gasteiger partial charge in [0.15, 0.2) is 0 Å². The van der Waals surface area contributed by atoms with Crippen molar-refractivity contribution >= 4 is 11.8 Å². The Labute approximate surface area is 110 Å². The zero-order chi connectivity index (χ0) is 13.8. The number of para-hydroxylation sites is 1. The molecule has 0 bridgehead atoms. The second kappa shape index (κ2) is 5.89. The summed E-state index contributed by atoms with van der Waals surface area (Å²) in [5.41, 5.74) is 1.50. The topological polar surface area (TPSA) is 38.3 Å². The Balaban J connectivity index is 2.75. The van der Waals surface area contributed by atoms with E-state index in [0.717, 1.165) is 17.7 Å². The molecule has 0 aliphatic carbocycles. The van der Waals surface area contributed by atoms with Gasteiger partial charge >= 0.3 is 6.09 Å². The third kappa shape index (κ3) is 5.21. The quantitative estimate of drug-likeness (QED) is 0.870. The Morgan fingerprint density at radius 3 is 2.44 bits per heavy atom. The Morgan fingerprint density at radius 2 is 1.89 bits per heavy atom. The zero-order valence-electron chi connectivity index (χ0n) is 11.9. The molecule has 0 saturated heterocycles. The lowest BCUT2D eigenvalue weighted by Gasteiger charge is -2.20. The van der Waals surface area contributed by atoms with Gasteiger partial charge in [-0.2, -0.15) is 0 Å². The van der Waals surface area contributed by atoms with Gasteiger partial charge in [-0.3, -0.25) is 5.32 Å². The maximum absolute atomic E-state index is 11.7. The Hall–Kier alpha value is -1.51. The summed E-state index contributed by atoms with van der Waals surface area (Å²) in [5.74, 6) is 0.548. The van der Waals surface area contributed by atoms with Crippen LogP contribution < -0.4 is 5.32 Å². The second-order valence-electron chi connectivity index (χ2n) is 5.88. The van der Waals surface area contributed by atoms with Gasteiger partial charge in [-0.25, -0.2) is 4.79 Å². The fourth-order valence-corrected chi connectivity index (χ4v) is 1.67. The van der Waals surface area contributed by atoms with E-state index in [9.17, 15) is 4.79 Å². The van der Waals surface area contributed by atoms with E-state index in [1.165, 1.54) is 0 Å².